The van der Waals surface area contributed by atoms with Crippen molar-refractivity contribution in [3.63, 3.8) is 0 Å². The van der Waals surface area contributed by atoms with E-state index in [9.17, 15) is 35.5 Å². The lowest BCUT2D eigenvalue weighted by Gasteiger charge is -2.43. The van der Waals surface area contributed by atoms with E-state index in [1.165, 1.54) is 6.92 Å². The van der Waals surface area contributed by atoms with Crippen molar-refractivity contribution in [2.24, 2.45) is 5.73 Å². The van der Waals surface area contributed by atoms with Gasteiger partial charge >= 0.3 is 18.0 Å². The quantitative estimate of drug-likeness (QED) is 0.158. The van der Waals surface area contributed by atoms with Gasteiger partial charge in [0.25, 0.3) is 5.91 Å². The first-order valence-electron chi connectivity index (χ1n) is 12.4. The first-order valence-corrected chi connectivity index (χ1v) is 12.4. The van der Waals surface area contributed by atoms with Gasteiger partial charge in [0.1, 0.15) is 5.60 Å². The molecule has 0 aliphatic rings. The molecule has 0 aromatic heterocycles. The number of unbranched alkanes of at least 4 members (excludes halogenated alkanes) is 1. The van der Waals surface area contributed by atoms with Gasteiger partial charge in [0, 0.05) is 33.0 Å². The largest absolute Gasteiger partial charge is 0.434 e. The third kappa shape index (κ3) is 10.4. The Hall–Kier alpha value is -1.25. The van der Waals surface area contributed by atoms with E-state index in [0.717, 1.165) is 19.8 Å². The zero-order valence-corrected chi connectivity index (χ0v) is 21.6. The van der Waals surface area contributed by atoms with Crippen LogP contribution < -0.4 is 11.1 Å². The van der Waals surface area contributed by atoms with Crippen LogP contribution in [-0.4, -0.2) is 81.3 Å². The van der Waals surface area contributed by atoms with E-state index in [1.54, 1.807) is 0 Å². The maximum Gasteiger partial charge on any atom is 0.434 e. The summed E-state index contributed by atoms with van der Waals surface area (Å²) in [6, 6.07) is 0. The number of carbonyl (C=O) groups is 1. The molecular formula is C23H40F8N2O4. The summed E-state index contributed by atoms with van der Waals surface area (Å²) >= 11 is 0. The zero-order chi connectivity index (χ0) is 28.8. The Morgan fingerprint density at radius 1 is 0.811 bits per heavy atom. The van der Waals surface area contributed by atoms with Gasteiger partial charge in [0.05, 0.1) is 6.61 Å². The molecule has 1 amide bonds. The average Bonchev–Trinajstić information content (AvgIpc) is 2.81. The average molecular weight is 561 g/mol. The standard InChI is InChI=1S/C23H40F8N2O4/c1-4-10-20(24,22(26,27)28)17-37-19(3,5-2)21(25,23(29,30)31)18(34)33-12-9-16-36-14-7-6-13-35-15-8-11-32/h4-17,32H2,1-3H3,(H,33,34). The van der Waals surface area contributed by atoms with Gasteiger partial charge < -0.3 is 25.3 Å². The number of amides is 1. The van der Waals surface area contributed by atoms with Crippen molar-refractivity contribution in [2.75, 3.05) is 46.1 Å². The molecule has 0 radical (unpaired) electrons. The molecule has 0 aromatic rings. The van der Waals surface area contributed by atoms with Crippen LogP contribution in [0.3, 0.4) is 0 Å². The van der Waals surface area contributed by atoms with Crippen molar-refractivity contribution >= 4 is 5.91 Å². The molecule has 3 atom stereocenters. The van der Waals surface area contributed by atoms with Crippen LogP contribution >= 0.6 is 0 Å². The van der Waals surface area contributed by atoms with Crippen molar-refractivity contribution in [3.8, 4) is 0 Å². The molecule has 0 saturated heterocycles. The smallest absolute Gasteiger partial charge is 0.381 e. The predicted molar refractivity (Wildman–Crippen MR) is 122 cm³/mol. The summed E-state index contributed by atoms with van der Waals surface area (Å²) in [7, 11) is 0. The zero-order valence-electron chi connectivity index (χ0n) is 21.6. The fourth-order valence-corrected chi connectivity index (χ4v) is 3.38. The Labute approximate surface area is 212 Å². The second-order valence-corrected chi connectivity index (χ2v) is 8.93. The van der Waals surface area contributed by atoms with Crippen molar-refractivity contribution in [1.82, 2.24) is 5.32 Å². The monoisotopic (exact) mass is 560 g/mol. The molecule has 3 unspecified atom stereocenters. The lowest BCUT2D eigenvalue weighted by molar-refractivity contribution is -0.303. The number of hydrogen-bond acceptors (Lipinski definition) is 5. The highest BCUT2D eigenvalue weighted by atomic mass is 19.4. The van der Waals surface area contributed by atoms with Gasteiger partial charge in [0.15, 0.2) is 0 Å². The summed E-state index contributed by atoms with van der Waals surface area (Å²) < 4.78 is 126. The number of carbonyl (C=O) groups excluding carboxylic acids is 1. The summed E-state index contributed by atoms with van der Waals surface area (Å²) in [6.07, 6.45) is -11.4. The number of nitrogens with one attached hydrogen (secondary N) is 1. The van der Waals surface area contributed by atoms with Crippen LogP contribution in [0.5, 0.6) is 0 Å². The molecule has 0 bridgehead atoms. The van der Waals surface area contributed by atoms with E-state index < -0.39 is 61.2 Å². The molecule has 0 fully saturated rings. The van der Waals surface area contributed by atoms with E-state index in [0.29, 0.717) is 39.7 Å². The highest BCUT2D eigenvalue weighted by Gasteiger charge is 2.72. The molecule has 222 valence electrons. The topological polar surface area (TPSA) is 82.8 Å². The van der Waals surface area contributed by atoms with Crippen LogP contribution in [0.2, 0.25) is 0 Å². The molecule has 37 heavy (non-hydrogen) atoms. The maximum absolute atomic E-state index is 15.5. The van der Waals surface area contributed by atoms with Gasteiger partial charge in [-0.3, -0.25) is 4.79 Å². The van der Waals surface area contributed by atoms with Gasteiger partial charge in [-0.1, -0.05) is 20.3 Å². The van der Waals surface area contributed by atoms with Crippen LogP contribution in [0.4, 0.5) is 35.1 Å². The van der Waals surface area contributed by atoms with E-state index in [1.807, 2.05) is 5.32 Å². The van der Waals surface area contributed by atoms with Crippen molar-refractivity contribution in [1.29, 1.82) is 0 Å². The minimum absolute atomic E-state index is 0.0501. The minimum Gasteiger partial charge on any atom is -0.381 e. The first-order chi connectivity index (χ1) is 17.1. The highest BCUT2D eigenvalue weighted by Crippen LogP contribution is 2.47. The Morgan fingerprint density at radius 3 is 1.76 bits per heavy atom. The lowest BCUT2D eigenvalue weighted by Crippen LogP contribution is -2.68. The van der Waals surface area contributed by atoms with Crippen LogP contribution in [0.25, 0.3) is 0 Å². The molecule has 0 heterocycles. The van der Waals surface area contributed by atoms with Gasteiger partial charge in [-0.25, -0.2) is 8.78 Å². The van der Waals surface area contributed by atoms with Crippen LogP contribution in [0, 0.1) is 0 Å². The van der Waals surface area contributed by atoms with E-state index >= 15 is 4.39 Å². The third-order valence-electron chi connectivity index (χ3n) is 5.95. The second-order valence-electron chi connectivity index (χ2n) is 8.93. The van der Waals surface area contributed by atoms with Gasteiger partial charge in [-0.2, -0.15) is 26.3 Å². The normalized spacial score (nSPS) is 17.6. The lowest BCUT2D eigenvalue weighted by atomic mass is 9.81. The molecule has 0 rings (SSSR count). The minimum atomic E-state index is -5.85. The highest BCUT2D eigenvalue weighted by molar-refractivity contribution is 5.87. The Balaban J connectivity index is 5.01. The van der Waals surface area contributed by atoms with Crippen LogP contribution in [0.15, 0.2) is 0 Å². The Morgan fingerprint density at radius 2 is 1.32 bits per heavy atom. The van der Waals surface area contributed by atoms with E-state index in [-0.39, 0.29) is 19.4 Å². The second kappa shape index (κ2) is 16.0. The van der Waals surface area contributed by atoms with E-state index in [2.05, 4.69) is 4.74 Å². The number of ether oxygens (including phenoxy) is 3. The fraction of sp³-hybridized carbons (Fsp3) is 0.957. The SMILES string of the molecule is CCCC(F)(COC(C)(CC)C(F)(C(=O)NCCCOCCCCOCCCN)C(F)(F)F)C(F)(F)F. The van der Waals surface area contributed by atoms with Gasteiger partial charge in [0.2, 0.25) is 5.67 Å². The summed E-state index contributed by atoms with van der Waals surface area (Å²) in [5.74, 6) is -2.13. The third-order valence-corrected chi connectivity index (χ3v) is 5.95. The number of rotatable bonds is 20. The molecule has 0 aliphatic carbocycles. The summed E-state index contributed by atoms with van der Waals surface area (Å²) in [6.45, 7) is 2.48. The van der Waals surface area contributed by atoms with Crippen LogP contribution in [0.1, 0.15) is 65.7 Å². The molecule has 6 nitrogen and oxygen atoms in total. The molecule has 0 saturated carbocycles. The van der Waals surface area contributed by atoms with Crippen molar-refractivity contribution in [3.05, 3.63) is 0 Å². The number of nitrogens with two attached hydrogens (primary N) is 1. The molecule has 3 N–H and O–H groups in total. The van der Waals surface area contributed by atoms with Gasteiger partial charge in [-0.15, -0.1) is 0 Å². The molecule has 0 spiro atoms. The molecule has 14 heteroatoms. The molecule has 0 aromatic carbocycles. The van der Waals surface area contributed by atoms with Crippen molar-refractivity contribution in [2.45, 2.75) is 95.0 Å². The van der Waals surface area contributed by atoms with Crippen molar-refractivity contribution < 1.29 is 54.1 Å². The first kappa shape index (κ1) is 35.8. The number of alkyl halides is 8. The molecule has 0 aliphatic heterocycles. The summed E-state index contributed by atoms with van der Waals surface area (Å²) in [5, 5.41) is 1.81. The number of hydrogen-bond donors (Lipinski definition) is 2. The van der Waals surface area contributed by atoms with Crippen LogP contribution in [-0.2, 0) is 19.0 Å². The predicted octanol–water partition coefficient (Wildman–Crippen LogP) is 5.18. The molecular weight excluding hydrogens is 520 g/mol. The van der Waals surface area contributed by atoms with Gasteiger partial charge in [-0.05, 0) is 52.0 Å². The Kier molecular flexibility index (Phi) is 15.5. The fourth-order valence-electron chi connectivity index (χ4n) is 3.38. The number of halogens is 8. The summed E-state index contributed by atoms with van der Waals surface area (Å²) in [5.41, 5.74) is -6.54. The van der Waals surface area contributed by atoms with E-state index in [4.69, 9.17) is 15.2 Å². The summed E-state index contributed by atoms with van der Waals surface area (Å²) in [4.78, 5) is 12.4. The Bertz CT molecular complexity index is 653. The maximum atomic E-state index is 15.5.